The summed E-state index contributed by atoms with van der Waals surface area (Å²) in [6.45, 7) is 6.91. The van der Waals surface area contributed by atoms with Crippen molar-refractivity contribution in [1.82, 2.24) is 0 Å². The standard InChI is InChI=1S/C22H23NO6Si/c1-30(2,3)10-9-28-22(27)23-18-12-16(13-19-17(18)7-8-20(24)29-19)14-5-4-6-15(11-14)21(25)26/h4-8,11-13H,9-10H2,1-3H3,(H,23,27)(H,25,26). The van der Waals surface area contributed by atoms with Crippen LogP contribution in [0.2, 0.25) is 25.7 Å². The molecule has 0 aliphatic heterocycles. The third kappa shape index (κ3) is 5.35. The van der Waals surface area contributed by atoms with Crippen molar-refractivity contribution < 1.29 is 23.8 Å². The van der Waals surface area contributed by atoms with Crippen LogP contribution in [0.5, 0.6) is 0 Å². The van der Waals surface area contributed by atoms with Crippen molar-refractivity contribution in [3.8, 4) is 11.1 Å². The van der Waals surface area contributed by atoms with Gasteiger partial charge in [0.2, 0.25) is 0 Å². The second-order valence-corrected chi connectivity index (χ2v) is 13.8. The molecule has 0 aliphatic carbocycles. The maximum atomic E-state index is 12.3. The molecule has 1 aromatic heterocycles. The molecule has 0 bridgehead atoms. The zero-order chi connectivity index (χ0) is 21.9. The average molecular weight is 426 g/mol. The first-order valence-corrected chi connectivity index (χ1v) is 13.2. The monoisotopic (exact) mass is 425 g/mol. The minimum Gasteiger partial charge on any atom is -0.478 e. The molecule has 30 heavy (non-hydrogen) atoms. The van der Waals surface area contributed by atoms with Gasteiger partial charge in [0, 0.05) is 19.5 Å². The van der Waals surface area contributed by atoms with Crippen LogP contribution >= 0.6 is 0 Å². The van der Waals surface area contributed by atoms with Crippen LogP contribution in [-0.4, -0.2) is 31.8 Å². The smallest absolute Gasteiger partial charge is 0.411 e. The van der Waals surface area contributed by atoms with Crippen molar-refractivity contribution in [2.24, 2.45) is 0 Å². The highest BCUT2D eigenvalue weighted by molar-refractivity contribution is 6.76. The van der Waals surface area contributed by atoms with Gasteiger partial charge in [0.15, 0.2) is 0 Å². The Balaban J connectivity index is 1.97. The van der Waals surface area contributed by atoms with Gasteiger partial charge in [-0.2, -0.15) is 0 Å². The number of carbonyl (C=O) groups is 2. The molecule has 0 fully saturated rings. The topological polar surface area (TPSA) is 106 Å². The number of hydrogen-bond donors (Lipinski definition) is 2. The second-order valence-electron chi connectivity index (χ2n) is 8.15. The van der Waals surface area contributed by atoms with Crippen molar-refractivity contribution in [3.63, 3.8) is 0 Å². The summed E-state index contributed by atoms with van der Waals surface area (Å²) in [7, 11) is -1.34. The van der Waals surface area contributed by atoms with E-state index < -0.39 is 25.8 Å². The van der Waals surface area contributed by atoms with Crippen LogP contribution in [0.15, 0.2) is 57.7 Å². The molecule has 0 aliphatic rings. The minimum atomic E-state index is -1.34. The number of ether oxygens (including phenoxy) is 1. The molecule has 8 heteroatoms. The van der Waals surface area contributed by atoms with Gasteiger partial charge in [0.1, 0.15) is 5.58 Å². The molecule has 2 aromatic carbocycles. The molecule has 0 saturated heterocycles. The number of aromatic carboxylic acids is 1. The Kier molecular flexibility index (Phi) is 6.07. The first-order valence-electron chi connectivity index (χ1n) is 9.48. The summed E-state index contributed by atoms with van der Waals surface area (Å²) in [5.74, 6) is -1.05. The molecular weight excluding hydrogens is 402 g/mol. The fourth-order valence-corrected chi connectivity index (χ4v) is 3.59. The molecule has 156 valence electrons. The van der Waals surface area contributed by atoms with Crippen molar-refractivity contribution >= 4 is 36.8 Å². The first kappa shape index (κ1) is 21.3. The first-order chi connectivity index (χ1) is 14.1. The maximum Gasteiger partial charge on any atom is 0.411 e. The van der Waals surface area contributed by atoms with Crippen molar-refractivity contribution in [1.29, 1.82) is 0 Å². The average Bonchev–Trinajstić information content (AvgIpc) is 2.66. The van der Waals surface area contributed by atoms with Gasteiger partial charge in [0.25, 0.3) is 0 Å². The summed E-state index contributed by atoms with van der Waals surface area (Å²) in [5, 5.41) is 12.5. The van der Waals surface area contributed by atoms with Crippen LogP contribution in [0.25, 0.3) is 22.1 Å². The number of rotatable bonds is 6. The molecule has 0 unspecified atom stereocenters. The van der Waals surface area contributed by atoms with Gasteiger partial charge >= 0.3 is 17.7 Å². The van der Waals surface area contributed by atoms with E-state index in [0.29, 0.717) is 28.8 Å². The Morgan fingerprint density at radius 3 is 2.53 bits per heavy atom. The van der Waals surface area contributed by atoms with Gasteiger partial charge in [-0.05, 0) is 47.5 Å². The van der Waals surface area contributed by atoms with Gasteiger partial charge in [-0.1, -0.05) is 31.8 Å². The van der Waals surface area contributed by atoms with E-state index in [4.69, 9.17) is 9.15 Å². The number of carboxylic acids is 1. The summed E-state index contributed by atoms with van der Waals surface area (Å²) in [5.41, 5.74) is 1.49. The Bertz CT molecular complexity index is 1160. The summed E-state index contributed by atoms with van der Waals surface area (Å²) in [6, 6.07) is 13.4. The maximum absolute atomic E-state index is 12.3. The highest BCUT2D eigenvalue weighted by Gasteiger charge is 2.16. The highest BCUT2D eigenvalue weighted by atomic mass is 28.3. The van der Waals surface area contributed by atoms with Crippen molar-refractivity contribution in [3.05, 3.63) is 64.5 Å². The number of fused-ring (bicyclic) bond motifs is 1. The van der Waals surface area contributed by atoms with Gasteiger partial charge in [0.05, 0.1) is 17.9 Å². The zero-order valence-corrected chi connectivity index (χ0v) is 18.0. The van der Waals surface area contributed by atoms with E-state index in [-0.39, 0.29) is 11.1 Å². The SMILES string of the molecule is C[Si](C)(C)CCOC(=O)Nc1cc(-c2cccc(C(=O)O)c2)cc2oc(=O)ccc12. The van der Waals surface area contributed by atoms with Gasteiger partial charge in [-0.25, -0.2) is 14.4 Å². The Morgan fingerprint density at radius 1 is 1.07 bits per heavy atom. The van der Waals surface area contributed by atoms with E-state index in [9.17, 15) is 19.5 Å². The highest BCUT2D eigenvalue weighted by Crippen LogP contribution is 2.31. The van der Waals surface area contributed by atoms with Gasteiger partial charge < -0.3 is 14.3 Å². The van der Waals surface area contributed by atoms with Gasteiger partial charge in [-0.15, -0.1) is 0 Å². The van der Waals surface area contributed by atoms with E-state index in [0.717, 1.165) is 6.04 Å². The molecule has 0 saturated carbocycles. The number of carbonyl (C=O) groups excluding carboxylic acids is 1. The Morgan fingerprint density at radius 2 is 1.83 bits per heavy atom. The summed E-state index contributed by atoms with van der Waals surface area (Å²) in [4.78, 5) is 35.3. The van der Waals surface area contributed by atoms with Crippen LogP contribution in [-0.2, 0) is 4.74 Å². The lowest BCUT2D eigenvalue weighted by atomic mass is 10.0. The molecule has 1 heterocycles. The van der Waals surface area contributed by atoms with Crippen LogP contribution in [0.4, 0.5) is 10.5 Å². The molecule has 3 aromatic rings. The Hall–Kier alpha value is -3.39. The molecule has 7 nitrogen and oxygen atoms in total. The molecule has 0 spiro atoms. The van der Waals surface area contributed by atoms with Crippen molar-refractivity contribution in [2.75, 3.05) is 11.9 Å². The largest absolute Gasteiger partial charge is 0.478 e. The lowest BCUT2D eigenvalue weighted by Crippen LogP contribution is -2.24. The zero-order valence-electron chi connectivity index (χ0n) is 17.0. The van der Waals surface area contributed by atoms with E-state index in [1.54, 1.807) is 30.3 Å². The Labute approximate surface area is 174 Å². The van der Waals surface area contributed by atoms with Gasteiger partial charge in [-0.3, -0.25) is 5.32 Å². The van der Waals surface area contributed by atoms with E-state index in [2.05, 4.69) is 25.0 Å². The molecule has 0 atom stereocenters. The van der Waals surface area contributed by atoms with Crippen LogP contribution in [0.3, 0.4) is 0 Å². The minimum absolute atomic E-state index is 0.127. The third-order valence-corrected chi connectivity index (χ3v) is 6.21. The number of anilines is 1. The van der Waals surface area contributed by atoms with E-state index >= 15 is 0 Å². The third-order valence-electron chi connectivity index (χ3n) is 4.50. The summed E-state index contributed by atoms with van der Waals surface area (Å²) in [6.07, 6.45) is -0.600. The van der Waals surface area contributed by atoms with E-state index in [1.165, 1.54) is 18.2 Å². The molecule has 0 radical (unpaired) electrons. The molecule has 1 amide bonds. The molecule has 3 rings (SSSR count). The van der Waals surface area contributed by atoms with Crippen LogP contribution in [0.1, 0.15) is 10.4 Å². The van der Waals surface area contributed by atoms with Crippen molar-refractivity contribution in [2.45, 2.75) is 25.7 Å². The molecular formula is C22H23NO6Si. The van der Waals surface area contributed by atoms with Crippen LogP contribution in [0, 0.1) is 0 Å². The van der Waals surface area contributed by atoms with Crippen LogP contribution < -0.4 is 10.9 Å². The van der Waals surface area contributed by atoms with E-state index in [1.807, 2.05) is 0 Å². The lowest BCUT2D eigenvalue weighted by molar-refractivity contribution is 0.0697. The fourth-order valence-electron chi connectivity index (χ4n) is 2.87. The number of carboxylic acid groups (broad SMARTS) is 1. The normalized spacial score (nSPS) is 11.3. The number of amides is 1. The predicted molar refractivity (Wildman–Crippen MR) is 118 cm³/mol. The quantitative estimate of drug-likeness (QED) is 0.423. The fraction of sp³-hybridized carbons (Fsp3) is 0.227. The number of benzene rings is 2. The lowest BCUT2D eigenvalue weighted by Gasteiger charge is -2.16. The molecule has 2 N–H and O–H groups in total. The predicted octanol–water partition coefficient (Wildman–Crippen LogP) is 5.04. The second kappa shape index (κ2) is 8.54. The number of hydrogen-bond acceptors (Lipinski definition) is 5. The summed E-state index contributed by atoms with van der Waals surface area (Å²) < 4.78 is 10.6. The summed E-state index contributed by atoms with van der Waals surface area (Å²) >= 11 is 0. The number of nitrogens with one attached hydrogen (secondary N) is 1.